The van der Waals surface area contributed by atoms with E-state index in [1.54, 1.807) is 0 Å². The summed E-state index contributed by atoms with van der Waals surface area (Å²) in [5.41, 5.74) is 0.388. The van der Waals surface area contributed by atoms with Crippen LogP contribution in [0.25, 0.3) is 0 Å². The molecule has 1 saturated heterocycles. The first kappa shape index (κ1) is 14.4. The van der Waals surface area contributed by atoms with Crippen LogP contribution >= 0.6 is 0 Å². The minimum absolute atomic E-state index is 0.333. The van der Waals surface area contributed by atoms with Crippen molar-refractivity contribution in [3.05, 3.63) is 0 Å². The standard InChI is InChI=1S/C17H30N2O/c20-16(15-13-17(15)8-11-18-12-9-17)19-10-4-3-7-14-5-1-2-6-14/h14-15,18H,1-13H2,(H,19,20). The lowest BCUT2D eigenvalue weighted by Crippen LogP contribution is -2.34. The van der Waals surface area contributed by atoms with Gasteiger partial charge in [-0.25, -0.2) is 0 Å². The number of unbranched alkanes of at least 4 members (excludes halogenated alkanes) is 1. The van der Waals surface area contributed by atoms with E-state index in [1.165, 1.54) is 57.8 Å². The highest BCUT2D eigenvalue weighted by molar-refractivity contribution is 5.82. The number of amides is 1. The highest BCUT2D eigenvalue weighted by Crippen LogP contribution is 2.58. The zero-order valence-corrected chi connectivity index (χ0v) is 12.8. The molecule has 114 valence electrons. The van der Waals surface area contributed by atoms with Crippen molar-refractivity contribution < 1.29 is 4.79 Å². The molecule has 1 heterocycles. The summed E-state index contributed by atoms with van der Waals surface area (Å²) in [5.74, 6) is 1.67. The molecule has 3 aliphatic rings. The first-order valence-corrected chi connectivity index (χ1v) is 8.79. The molecular formula is C17H30N2O. The Labute approximate surface area is 123 Å². The van der Waals surface area contributed by atoms with Gasteiger partial charge in [-0.3, -0.25) is 4.79 Å². The van der Waals surface area contributed by atoms with E-state index in [1.807, 2.05) is 0 Å². The summed E-state index contributed by atoms with van der Waals surface area (Å²) in [5, 5.41) is 6.58. The van der Waals surface area contributed by atoms with Gasteiger partial charge >= 0.3 is 0 Å². The number of hydrogen-bond acceptors (Lipinski definition) is 2. The first-order chi connectivity index (χ1) is 9.80. The topological polar surface area (TPSA) is 41.1 Å². The minimum Gasteiger partial charge on any atom is -0.356 e. The van der Waals surface area contributed by atoms with E-state index >= 15 is 0 Å². The molecule has 2 aliphatic carbocycles. The number of carbonyl (C=O) groups is 1. The monoisotopic (exact) mass is 278 g/mol. The number of carbonyl (C=O) groups excluding carboxylic acids is 1. The second-order valence-corrected chi connectivity index (χ2v) is 7.31. The predicted molar refractivity (Wildman–Crippen MR) is 81.5 cm³/mol. The smallest absolute Gasteiger partial charge is 0.223 e. The Hall–Kier alpha value is -0.570. The van der Waals surface area contributed by atoms with Gasteiger partial charge in [0.2, 0.25) is 5.91 Å². The minimum atomic E-state index is 0.333. The van der Waals surface area contributed by atoms with Crippen molar-refractivity contribution >= 4 is 5.91 Å². The Morgan fingerprint density at radius 1 is 1.15 bits per heavy atom. The van der Waals surface area contributed by atoms with Crippen molar-refractivity contribution in [2.24, 2.45) is 17.3 Å². The van der Waals surface area contributed by atoms with E-state index in [2.05, 4.69) is 10.6 Å². The van der Waals surface area contributed by atoms with Crippen molar-refractivity contribution in [3.8, 4) is 0 Å². The highest BCUT2D eigenvalue weighted by Gasteiger charge is 2.57. The van der Waals surface area contributed by atoms with Crippen LogP contribution < -0.4 is 10.6 Å². The average Bonchev–Trinajstić information content (AvgIpc) is 2.92. The Bertz CT molecular complexity index is 330. The lowest BCUT2D eigenvalue weighted by Gasteiger charge is -2.23. The van der Waals surface area contributed by atoms with E-state index in [0.717, 1.165) is 32.0 Å². The van der Waals surface area contributed by atoms with Crippen LogP contribution in [0.5, 0.6) is 0 Å². The van der Waals surface area contributed by atoms with Gasteiger partial charge in [-0.15, -0.1) is 0 Å². The van der Waals surface area contributed by atoms with Crippen LogP contribution in [0.2, 0.25) is 0 Å². The van der Waals surface area contributed by atoms with Crippen LogP contribution in [-0.2, 0) is 4.79 Å². The zero-order valence-electron chi connectivity index (χ0n) is 12.8. The molecule has 0 bridgehead atoms. The molecule has 0 aromatic rings. The normalized spacial score (nSPS) is 28.7. The van der Waals surface area contributed by atoms with E-state index in [-0.39, 0.29) is 0 Å². The lowest BCUT2D eigenvalue weighted by molar-refractivity contribution is -0.123. The largest absolute Gasteiger partial charge is 0.356 e. The summed E-state index contributed by atoms with van der Waals surface area (Å²) in [7, 11) is 0. The molecule has 3 rings (SSSR count). The fourth-order valence-electron chi connectivity index (χ4n) is 4.39. The van der Waals surface area contributed by atoms with Crippen LogP contribution in [0.4, 0.5) is 0 Å². The van der Waals surface area contributed by atoms with Crippen LogP contribution in [0, 0.1) is 17.3 Å². The number of rotatable bonds is 6. The van der Waals surface area contributed by atoms with E-state index in [0.29, 0.717) is 17.2 Å². The van der Waals surface area contributed by atoms with E-state index < -0.39 is 0 Å². The van der Waals surface area contributed by atoms with Gasteiger partial charge in [0.05, 0.1) is 0 Å². The van der Waals surface area contributed by atoms with Crippen molar-refractivity contribution in [1.82, 2.24) is 10.6 Å². The van der Waals surface area contributed by atoms with Crippen molar-refractivity contribution in [1.29, 1.82) is 0 Å². The van der Waals surface area contributed by atoms with Crippen LogP contribution in [-0.4, -0.2) is 25.5 Å². The van der Waals surface area contributed by atoms with Crippen molar-refractivity contribution in [2.45, 2.75) is 64.2 Å². The second kappa shape index (κ2) is 6.46. The van der Waals surface area contributed by atoms with Crippen LogP contribution in [0.1, 0.15) is 64.2 Å². The Balaban J connectivity index is 1.26. The molecule has 2 N–H and O–H groups in total. The molecule has 1 aliphatic heterocycles. The molecule has 1 unspecified atom stereocenters. The van der Waals surface area contributed by atoms with Crippen LogP contribution in [0.15, 0.2) is 0 Å². The van der Waals surface area contributed by atoms with Crippen LogP contribution in [0.3, 0.4) is 0 Å². The fraction of sp³-hybridized carbons (Fsp3) is 0.941. The number of nitrogens with one attached hydrogen (secondary N) is 2. The maximum absolute atomic E-state index is 12.2. The van der Waals surface area contributed by atoms with Gasteiger partial charge in [0.1, 0.15) is 0 Å². The molecule has 2 saturated carbocycles. The molecule has 1 spiro atoms. The first-order valence-electron chi connectivity index (χ1n) is 8.79. The summed E-state index contributed by atoms with van der Waals surface area (Å²) >= 11 is 0. The Morgan fingerprint density at radius 3 is 2.65 bits per heavy atom. The summed E-state index contributed by atoms with van der Waals surface area (Å²) < 4.78 is 0. The van der Waals surface area contributed by atoms with Gasteiger partial charge in [-0.05, 0) is 50.1 Å². The molecule has 3 fully saturated rings. The quantitative estimate of drug-likeness (QED) is 0.734. The molecule has 20 heavy (non-hydrogen) atoms. The maximum atomic E-state index is 12.2. The van der Waals surface area contributed by atoms with Gasteiger partial charge in [-0.2, -0.15) is 0 Å². The summed E-state index contributed by atoms with van der Waals surface area (Å²) in [4.78, 5) is 12.2. The van der Waals surface area contributed by atoms with Gasteiger partial charge in [0.25, 0.3) is 0 Å². The van der Waals surface area contributed by atoms with Gasteiger partial charge in [0.15, 0.2) is 0 Å². The zero-order chi connectivity index (χ0) is 13.8. The SMILES string of the molecule is O=C(NCCCCC1CCCC1)C1CC12CCNCC2. The molecule has 1 amide bonds. The third kappa shape index (κ3) is 3.36. The van der Waals surface area contributed by atoms with Crippen molar-refractivity contribution in [3.63, 3.8) is 0 Å². The van der Waals surface area contributed by atoms with Gasteiger partial charge in [0, 0.05) is 12.5 Å². The molecule has 0 aromatic heterocycles. The third-order valence-electron chi connectivity index (χ3n) is 5.92. The molecule has 1 atom stereocenters. The Kier molecular flexibility index (Phi) is 4.65. The summed E-state index contributed by atoms with van der Waals surface area (Å²) in [6.07, 6.45) is 13.2. The highest BCUT2D eigenvalue weighted by atomic mass is 16.2. The van der Waals surface area contributed by atoms with E-state index in [4.69, 9.17) is 0 Å². The molecule has 3 heteroatoms. The maximum Gasteiger partial charge on any atom is 0.223 e. The fourth-order valence-corrected chi connectivity index (χ4v) is 4.39. The number of piperidine rings is 1. The van der Waals surface area contributed by atoms with Gasteiger partial charge < -0.3 is 10.6 Å². The number of hydrogen-bond donors (Lipinski definition) is 2. The second-order valence-electron chi connectivity index (χ2n) is 7.31. The molecule has 3 nitrogen and oxygen atoms in total. The lowest BCUT2D eigenvalue weighted by atomic mass is 9.92. The molecule has 0 radical (unpaired) electrons. The van der Waals surface area contributed by atoms with Gasteiger partial charge in [-0.1, -0.05) is 38.5 Å². The molecule has 0 aromatic carbocycles. The third-order valence-corrected chi connectivity index (χ3v) is 5.92. The van der Waals surface area contributed by atoms with E-state index in [9.17, 15) is 4.79 Å². The Morgan fingerprint density at radius 2 is 1.90 bits per heavy atom. The summed E-state index contributed by atoms with van der Waals surface area (Å²) in [6.45, 7) is 3.10. The predicted octanol–water partition coefficient (Wildman–Crippen LogP) is 2.85. The van der Waals surface area contributed by atoms with Crippen molar-refractivity contribution in [2.75, 3.05) is 19.6 Å². The molecular weight excluding hydrogens is 248 g/mol. The average molecular weight is 278 g/mol. The summed E-state index contributed by atoms with van der Waals surface area (Å²) in [6, 6.07) is 0.